The van der Waals surface area contributed by atoms with Crippen molar-refractivity contribution in [1.29, 1.82) is 0 Å². The highest BCUT2D eigenvalue weighted by Crippen LogP contribution is 2.48. The van der Waals surface area contributed by atoms with E-state index in [0.717, 1.165) is 18.0 Å². The van der Waals surface area contributed by atoms with E-state index < -0.39 is 0 Å². The van der Waals surface area contributed by atoms with E-state index in [2.05, 4.69) is 22.5 Å². The highest BCUT2D eigenvalue weighted by molar-refractivity contribution is 7.11. The number of carbonyl (C=O) groups excluding carboxylic acids is 1. The summed E-state index contributed by atoms with van der Waals surface area (Å²) < 4.78 is 0. The number of thiazole rings is 1. The fourth-order valence-corrected chi connectivity index (χ4v) is 3.14. The van der Waals surface area contributed by atoms with E-state index >= 15 is 0 Å². The maximum atomic E-state index is 11.7. The molecule has 0 bridgehead atoms. The number of urea groups is 1. The third kappa shape index (κ3) is 4.49. The summed E-state index contributed by atoms with van der Waals surface area (Å²) in [5, 5.41) is 6.98. The number of amides is 2. The first-order valence-electron chi connectivity index (χ1n) is 7.06. The van der Waals surface area contributed by atoms with Crippen molar-refractivity contribution in [2.75, 3.05) is 13.1 Å². The monoisotopic (exact) mass is 281 g/mol. The standard InChI is InChI=1S/C14H23N3OS/c1-3-5-14(6-7-14)10-17-13(18)15-8-4-12-16-9-11(2)19-12/h9H,3-8,10H2,1-2H3,(H2,15,17,18). The topological polar surface area (TPSA) is 54.0 Å². The molecule has 19 heavy (non-hydrogen) atoms. The lowest BCUT2D eigenvalue weighted by Gasteiger charge is -2.15. The van der Waals surface area contributed by atoms with Crippen LogP contribution in [0.15, 0.2) is 6.20 Å². The Bertz CT molecular complexity index is 426. The van der Waals surface area contributed by atoms with Crippen LogP contribution in [0.25, 0.3) is 0 Å². The van der Waals surface area contributed by atoms with Crippen LogP contribution in [-0.4, -0.2) is 24.1 Å². The molecule has 1 aliphatic rings. The lowest BCUT2D eigenvalue weighted by atomic mass is 10.0. The second-order valence-electron chi connectivity index (χ2n) is 5.47. The molecule has 2 N–H and O–H groups in total. The van der Waals surface area contributed by atoms with Gasteiger partial charge in [-0.1, -0.05) is 13.3 Å². The van der Waals surface area contributed by atoms with Crippen molar-refractivity contribution in [3.05, 3.63) is 16.1 Å². The van der Waals surface area contributed by atoms with Crippen molar-refractivity contribution >= 4 is 17.4 Å². The van der Waals surface area contributed by atoms with Crippen LogP contribution in [0.5, 0.6) is 0 Å². The van der Waals surface area contributed by atoms with Crippen LogP contribution < -0.4 is 10.6 Å². The summed E-state index contributed by atoms with van der Waals surface area (Å²) in [6.45, 7) is 5.73. The van der Waals surface area contributed by atoms with Crippen molar-refractivity contribution in [1.82, 2.24) is 15.6 Å². The van der Waals surface area contributed by atoms with E-state index in [0.29, 0.717) is 12.0 Å². The molecule has 4 nitrogen and oxygen atoms in total. The summed E-state index contributed by atoms with van der Waals surface area (Å²) in [6.07, 6.45) is 7.64. The van der Waals surface area contributed by atoms with Gasteiger partial charge in [-0.3, -0.25) is 0 Å². The van der Waals surface area contributed by atoms with Crippen molar-refractivity contribution in [3.8, 4) is 0 Å². The van der Waals surface area contributed by atoms with Crippen LogP contribution >= 0.6 is 11.3 Å². The number of aryl methyl sites for hydroxylation is 1. The maximum absolute atomic E-state index is 11.7. The van der Waals surface area contributed by atoms with Gasteiger partial charge in [-0.05, 0) is 31.6 Å². The minimum atomic E-state index is -0.0457. The molecular weight excluding hydrogens is 258 g/mol. The number of rotatable bonds is 7. The first kappa shape index (κ1) is 14.3. The van der Waals surface area contributed by atoms with Gasteiger partial charge in [0, 0.05) is 30.6 Å². The zero-order valence-corrected chi connectivity index (χ0v) is 12.6. The van der Waals surface area contributed by atoms with Gasteiger partial charge in [0.2, 0.25) is 0 Å². The van der Waals surface area contributed by atoms with Gasteiger partial charge >= 0.3 is 6.03 Å². The van der Waals surface area contributed by atoms with Crippen LogP contribution in [0.3, 0.4) is 0 Å². The second kappa shape index (κ2) is 6.37. The van der Waals surface area contributed by atoms with E-state index in [1.807, 2.05) is 13.1 Å². The van der Waals surface area contributed by atoms with E-state index in [1.54, 1.807) is 11.3 Å². The van der Waals surface area contributed by atoms with Gasteiger partial charge in [0.15, 0.2) is 0 Å². The van der Waals surface area contributed by atoms with Gasteiger partial charge in [0.05, 0.1) is 5.01 Å². The lowest BCUT2D eigenvalue weighted by Crippen LogP contribution is -2.39. The van der Waals surface area contributed by atoms with E-state index in [9.17, 15) is 4.79 Å². The molecule has 1 aliphatic carbocycles. The third-order valence-electron chi connectivity index (χ3n) is 3.65. The van der Waals surface area contributed by atoms with Crippen LogP contribution in [0, 0.1) is 12.3 Å². The van der Waals surface area contributed by atoms with Gasteiger partial charge in [-0.25, -0.2) is 9.78 Å². The SMILES string of the molecule is CCCC1(CNC(=O)NCCc2ncc(C)s2)CC1. The summed E-state index contributed by atoms with van der Waals surface area (Å²) in [7, 11) is 0. The van der Waals surface area contributed by atoms with Crippen LogP contribution in [0.4, 0.5) is 4.79 Å². The predicted molar refractivity (Wildman–Crippen MR) is 78.5 cm³/mol. The van der Waals surface area contributed by atoms with E-state index in [1.165, 1.54) is 30.6 Å². The highest BCUT2D eigenvalue weighted by Gasteiger charge is 2.41. The number of hydrogen-bond acceptors (Lipinski definition) is 3. The van der Waals surface area contributed by atoms with Crippen molar-refractivity contribution < 1.29 is 4.79 Å². The lowest BCUT2D eigenvalue weighted by molar-refractivity contribution is 0.237. The van der Waals surface area contributed by atoms with Gasteiger partial charge < -0.3 is 10.6 Å². The van der Waals surface area contributed by atoms with Gasteiger partial charge in [-0.2, -0.15) is 0 Å². The molecule has 0 aliphatic heterocycles. The Hall–Kier alpha value is -1.10. The van der Waals surface area contributed by atoms with Crippen LogP contribution in [0.1, 0.15) is 42.5 Å². The molecule has 5 heteroatoms. The normalized spacial score (nSPS) is 16.1. The smallest absolute Gasteiger partial charge is 0.314 e. The molecule has 0 unspecified atom stereocenters. The van der Waals surface area contributed by atoms with Gasteiger partial charge in [0.1, 0.15) is 0 Å². The molecule has 1 aromatic rings. The Morgan fingerprint density at radius 2 is 2.26 bits per heavy atom. The van der Waals surface area contributed by atoms with E-state index in [4.69, 9.17) is 0 Å². The van der Waals surface area contributed by atoms with Crippen molar-refractivity contribution in [2.45, 2.75) is 46.0 Å². The molecule has 1 aromatic heterocycles. The molecule has 0 saturated heterocycles. The van der Waals surface area contributed by atoms with Crippen molar-refractivity contribution in [2.24, 2.45) is 5.41 Å². The maximum Gasteiger partial charge on any atom is 0.314 e. The average Bonchev–Trinajstić information content (AvgIpc) is 3.02. The molecule has 0 radical (unpaired) electrons. The summed E-state index contributed by atoms with van der Waals surface area (Å²) in [4.78, 5) is 17.2. The fourth-order valence-electron chi connectivity index (χ4n) is 2.35. The van der Waals surface area contributed by atoms with Gasteiger partial charge in [0.25, 0.3) is 0 Å². The Morgan fingerprint density at radius 1 is 1.47 bits per heavy atom. The molecule has 2 rings (SSSR count). The Morgan fingerprint density at radius 3 is 2.84 bits per heavy atom. The molecule has 1 fully saturated rings. The fraction of sp³-hybridized carbons (Fsp3) is 0.714. The zero-order chi connectivity index (χ0) is 13.7. The summed E-state index contributed by atoms with van der Waals surface area (Å²) >= 11 is 1.69. The molecule has 0 atom stereocenters. The quantitative estimate of drug-likeness (QED) is 0.807. The summed E-state index contributed by atoms with van der Waals surface area (Å²) in [5.41, 5.74) is 0.415. The zero-order valence-electron chi connectivity index (χ0n) is 11.8. The number of carbonyl (C=O) groups is 1. The predicted octanol–water partition coefficient (Wildman–Crippen LogP) is 2.87. The molecule has 1 saturated carbocycles. The Labute approximate surface area is 119 Å². The molecule has 106 valence electrons. The minimum absolute atomic E-state index is 0.0457. The molecule has 1 heterocycles. The van der Waals surface area contributed by atoms with Crippen molar-refractivity contribution in [3.63, 3.8) is 0 Å². The molecular formula is C14H23N3OS. The number of nitrogens with one attached hydrogen (secondary N) is 2. The van der Waals surface area contributed by atoms with Crippen LogP contribution in [-0.2, 0) is 6.42 Å². The number of nitrogens with zero attached hydrogens (tertiary/aromatic N) is 1. The molecule has 2 amide bonds. The van der Waals surface area contributed by atoms with Gasteiger partial charge in [-0.15, -0.1) is 11.3 Å². The minimum Gasteiger partial charge on any atom is -0.338 e. The Balaban J connectivity index is 1.60. The second-order valence-corrected chi connectivity index (χ2v) is 6.79. The van der Waals surface area contributed by atoms with E-state index in [-0.39, 0.29) is 6.03 Å². The third-order valence-corrected chi connectivity index (χ3v) is 4.63. The highest BCUT2D eigenvalue weighted by atomic mass is 32.1. The molecule has 0 spiro atoms. The first-order valence-corrected chi connectivity index (χ1v) is 7.88. The first-order chi connectivity index (χ1) is 9.13. The Kier molecular flexibility index (Phi) is 4.80. The van der Waals surface area contributed by atoms with Crippen LogP contribution in [0.2, 0.25) is 0 Å². The summed E-state index contributed by atoms with van der Waals surface area (Å²) in [5.74, 6) is 0. The molecule has 0 aromatic carbocycles. The summed E-state index contributed by atoms with van der Waals surface area (Å²) in [6, 6.07) is -0.0457. The largest absolute Gasteiger partial charge is 0.338 e. The number of hydrogen-bond donors (Lipinski definition) is 2. The number of aromatic nitrogens is 1. The average molecular weight is 281 g/mol.